The average Bonchev–Trinajstić information content (AvgIpc) is 2.65. The van der Waals surface area contributed by atoms with E-state index >= 15 is 0 Å². The quantitative estimate of drug-likeness (QED) is 0.871. The van der Waals surface area contributed by atoms with Gasteiger partial charge in [0.05, 0.1) is 6.61 Å². The third-order valence-corrected chi connectivity index (χ3v) is 5.68. The molecule has 0 aliphatic heterocycles. The predicted molar refractivity (Wildman–Crippen MR) is 73.4 cm³/mol. The highest BCUT2D eigenvalue weighted by atomic mass is 32.2. The monoisotopic (exact) mass is 289 g/mol. The lowest BCUT2D eigenvalue weighted by molar-refractivity contribution is 0.275. The largest absolute Gasteiger partial charge is 0.465 e. The first-order valence-corrected chi connectivity index (χ1v) is 7.92. The SMILES string of the molecule is CCC(CC)N(C)S(=O)(=O)c1c(C)oc(C)c1CO. The Kier molecular flexibility index (Phi) is 5.18. The number of nitrogens with zero attached hydrogens (tertiary/aromatic N) is 1. The zero-order valence-electron chi connectivity index (χ0n) is 12.2. The number of hydrogen-bond donors (Lipinski definition) is 1. The summed E-state index contributed by atoms with van der Waals surface area (Å²) in [6, 6.07) is -0.0499. The van der Waals surface area contributed by atoms with Gasteiger partial charge >= 0.3 is 0 Å². The number of rotatable bonds is 6. The van der Waals surface area contributed by atoms with Gasteiger partial charge in [-0.25, -0.2) is 8.42 Å². The molecule has 0 aliphatic carbocycles. The summed E-state index contributed by atoms with van der Waals surface area (Å²) in [5.41, 5.74) is 0.357. The van der Waals surface area contributed by atoms with Crippen molar-refractivity contribution in [2.45, 2.75) is 58.1 Å². The van der Waals surface area contributed by atoms with Crippen molar-refractivity contribution in [1.29, 1.82) is 0 Å². The third-order valence-electron chi connectivity index (χ3n) is 3.58. The standard InChI is InChI=1S/C13H23NO4S/c1-6-11(7-2)14(5)19(16,17)13-10(4)18-9(3)12(13)8-15/h11,15H,6-8H2,1-5H3. The molecule has 1 rings (SSSR count). The Balaban J connectivity index is 3.35. The predicted octanol–water partition coefficient (Wildman–Crippen LogP) is 2.20. The minimum absolute atomic E-state index is 0.0499. The van der Waals surface area contributed by atoms with Crippen LogP contribution in [-0.4, -0.2) is 30.9 Å². The highest BCUT2D eigenvalue weighted by Crippen LogP contribution is 2.30. The number of hydrogen-bond acceptors (Lipinski definition) is 4. The molecule has 0 fully saturated rings. The summed E-state index contributed by atoms with van der Waals surface area (Å²) in [5, 5.41) is 9.37. The molecule has 0 atom stereocenters. The first kappa shape index (κ1) is 16.2. The fourth-order valence-electron chi connectivity index (χ4n) is 2.37. The van der Waals surface area contributed by atoms with Crippen molar-refractivity contribution in [1.82, 2.24) is 4.31 Å². The second kappa shape index (κ2) is 6.07. The maximum absolute atomic E-state index is 12.7. The van der Waals surface area contributed by atoms with Crippen molar-refractivity contribution in [2.24, 2.45) is 0 Å². The Morgan fingerprint density at radius 3 is 2.16 bits per heavy atom. The summed E-state index contributed by atoms with van der Waals surface area (Å²) in [7, 11) is -2.06. The van der Waals surface area contributed by atoms with E-state index in [2.05, 4.69) is 0 Å². The molecule has 0 radical (unpaired) electrons. The fraction of sp³-hybridized carbons (Fsp3) is 0.692. The van der Waals surface area contributed by atoms with E-state index in [1.54, 1.807) is 20.9 Å². The van der Waals surface area contributed by atoms with Gasteiger partial charge in [-0.05, 0) is 26.7 Å². The molecular weight excluding hydrogens is 266 g/mol. The summed E-state index contributed by atoms with van der Waals surface area (Å²) in [4.78, 5) is 0.113. The van der Waals surface area contributed by atoms with Crippen LogP contribution in [0.25, 0.3) is 0 Å². The van der Waals surface area contributed by atoms with Gasteiger partial charge in [0.15, 0.2) is 0 Å². The molecule has 0 saturated heterocycles. The highest BCUT2D eigenvalue weighted by molar-refractivity contribution is 7.89. The third kappa shape index (κ3) is 2.85. The van der Waals surface area contributed by atoms with E-state index in [1.165, 1.54) is 4.31 Å². The molecule has 110 valence electrons. The van der Waals surface area contributed by atoms with Crippen LogP contribution in [0.15, 0.2) is 9.31 Å². The van der Waals surface area contributed by atoms with E-state index in [0.717, 1.165) is 12.8 Å². The summed E-state index contributed by atoms with van der Waals surface area (Å²) in [6.07, 6.45) is 1.49. The lowest BCUT2D eigenvalue weighted by atomic mass is 10.2. The van der Waals surface area contributed by atoms with Gasteiger partial charge < -0.3 is 9.52 Å². The van der Waals surface area contributed by atoms with Crippen LogP contribution in [-0.2, 0) is 16.6 Å². The van der Waals surface area contributed by atoms with E-state index < -0.39 is 10.0 Å². The molecule has 0 amide bonds. The summed E-state index contributed by atoms with van der Waals surface area (Å²) in [6.45, 7) is 6.85. The van der Waals surface area contributed by atoms with Gasteiger partial charge in [0.25, 0.3) is 0 Å². The minimum Gasteiger partial charge on any atom is -0.465 e. The second-order valence-electron chi connectivity index (χ2n) is 4.67. The number of aryl methyl sites for hydroxylation is 2. The van der Waals surface area contributed by atoms with Crippen molar-refractivity contribution < 1.29 is 17.9 Å². The van der Waals surface area contributed by atoms with Crippen LogP contribution in [0, 0.1) is 13.8 Å². The Labute approximate surface area is 115 Å². The van der Waals surface area contributed by atoms with Gasteiger partial charge in [-0.3, -0.25) is 0 Å². The van der Waals surface area contributed by atoms with E-state index in [4.69, 9.17) is 4.42 Å². The lowest BCUT2D eigenvalue weighted by Gasteiger charge is -2.25. The second-order valence-corrected chi connectivity index (χ2v) is 6.61. The maximum atomic E-state index is 12.7. The topological polar surface area (TPSA) is 70.8 Å². The molecule has 1 aromatic heterocycles. The summed E-state index contributed by atoms with van der Waals surface area (Å²) in [5.74, 6) is 0.788. The Bertz CT molecular complexity index is 529. The molecule has 6 heteroatoms. The van der Waals surface area contributed by atoms with Crippen molar-refractivity contribution in [3.05, 3.63) is 17.1 Å². The van der Waals surface area contributed by atoms with E-state index in [0.29, 0.717) is 17.1 Å². The zero-order chi connectivity index (χ0) is 14.8. The van der Waals surface area contributed by atoms with Crippen LogP contribution in [0.3, 0.4) is 0 Å². The molecule has 0 unspecified atom stereocenters. The number of aliphatic hydroxyl groups excluding tert-OH is 1. The van der Waals surface area contributed by atoms with Gasteiger partial charge in [-0.1, -0.05) is 13.8 Å². The van der Waals surface area contributed by atoms with Crippen molar-refractivity contribution in [3.8, 4) is 0 Å². The van der Waals surface area contributed by atoms with Gasteiger partial charge in [0, 0.05) is 18.7 Å². The Morgan fingerprint density at radius 1 is 1.21 bits per heavy atom. The van der Waals surface area contributed by atoms with Crippen molar-refractivity contribution >= 4 is 10.0 Å². The number of furan rings is 1. The van der Waals surface area contributed by atoms with Crippen LogP contribution in [0.4, 0.5) is 0 Å². The molecule has 0 bridgehead atoms. The smallest absolute Gasteiger partial charge is 0.246 e. The molecule has 1 heterocycles. The van der Waals surface area contributed by atoms with Crippen molar-refractivity contribution in [2.75, 3.05) is 7.05 Å². The van der Waals surface area contributed by atoms with Crippen LogP contribution < -0.4 is 0 Å². The van der Waals surface area contributed by atoms with Gasteiger partial charge in [0.2, 0.25) is 10.0 Å². The molecule has 1 aromatic rings. The average molecular weight is 289 g/mol. The lowest BCUT2D eigenvalue weighted by Crippen LogP contribution is -2.36. The summed E-state index contributed by atoms with van der Waals surface area (Å²) < 4.78 is 32.1. The first-order chi connectivity index (χ1) is 8.81. The van der Waals surface area contributed by atoms with E-state index in [1.807, 2.05) is 13.8 Å². The maximum Gasteiger partial charge on any atom is 0.246 e. The van der Waals surface area contributed by atoms with Crippen molar-refractivity contribution in [3.63, 3.8) is 0 Å². The van der Waals surface area contributed by atoms with Gasteiger partial charge in [-0.15, -0.1) is 0 Å². The van der Waals surface area contributed by atoms with E-state index in [9.17, 15) is 13.5 Å². The van der Waals surface area contributed by atoms with Crippen LogP contribution in [0.2, 0.25) is 0 Å². The fourth-order valence-corrected chi connectivity index (χ4v) is 4.28. The molecule has 0 saturated carbocycles. The van der Waals surface area contributed by atoms with Crippen LogP contribution in [0.1, 0.15) is 43.8 Å². The van der Waals surface area contributed by atoms with E-state index in [-0.39, 0.29) is 17.5 Å². The molecule has 1 N–H and O–H groups in total. The molecule has 0 spiro atoms. The first-order valence-electron chi connectivity index (χ1n) is 6.48. The Morgan fingerprint density at radius 2 is 1.74 bits per heavy atom. The number of sulfonamides is 1. The molecule has 0 aromatic carbocycles. The Hall–Kier alpha value is -0.850. The van der Waals surface area contributed by atoms with Gasteiger partial charge in [0.1, 0.15) is 16.4 Å². The number of aliphatic hydroxyl groups is 1. The minimum atomic E-state index is -3.64. The molecule has 0 aliphatic rings. The molecule has 5 nitrogen and oxygen atoms in total. The van der Waals surface area contributed by atoms with Crippen LogP contribution >= 0.6 is 0 Å². The normalized spacial score (nSPS) is 12.6. The van der Waals surface area contributed by atoms with Crippen LogP contribution in [0.5, 0.6) is 0 Å². The summed E-state index contributed by atoms with van der Waals surface area (Å²) >= 11 is 0. The highest BCUT2D eigenvalue weighted by Gasteiger charge is 2.32. The zero-order valence-corrected chi connectivity index (χ0v) is 13.0. The molecular formula is C13H23NO4S. The molecule has 19 heavy (non-hydrogen) atoms. The van der Waals surface area contributed by atoms with Gasteiger partial charge in [-0.2, -0.15) is 4.31 Å².